The molecule has 0 aliphatic rings. The summed E-state index contributed by atoms with van der Waals surface area (Å²) in [6.07, 6.45) is 0.929. The Morgan fingerprint density at radius 1 is 1.11 bits per heavy atom. The molecule has 0 bridgehead atoms. The van der Waals surface area contributed by atoms with Crippen molar-refractivity contribution in [3.05, 3.63) is 59.2 Å². The molecule has 0 aliphatic carbocycles. The second kappa shape index (κ2) is 9.62. The molecule has 0 saturated heterocycles. The van der Waals surface area contributed by atoms with Crippen LogP contribution in [-0.4, -0.2) is 30.3 Å². The minimum Gasteiger partial charge on any atom is -0.496 e. The molecule has 0 fully saturated rings. The molecule has 2 aromatic rings. The molecule has 2 aromatic carbocycles. The van der Waals surface area contributed by atoms with E-state index in [1.165, 1.54) is 0 Å². The van der Waals surface area contributed by atoms with Gasteiger partial charge in [-0.25, -0.2) is 4.79 Å². The Bertz CT molecular complexity index is 790. The fraction of sp³-hybridized carbons (Fsp3) is 0.333. The van der Waals surface area contributed by atoms with Crippen molar-refractivity contribution in [2.75, 3.05) is 12.4 Å². The van der Waals surface area contributed by atoms with Crippen LogP contribution in [0.2, 0.25) is 0 Å². The van der Waals surface area contributed by atoms with Crippen molar-refractivity contribution in [2.45, 2.75) is 39.2 Å². The molecule has 0 aromatic heterocycles. The van der Waals surface area contributed by atoms with Gasteiger partial charge in [-0.3, -0.25) is 4.79 Å². The highest BCUT2D eigenvalue weighted by molar-refractivity contribution is 5.90. The van der Waals surface area contributed by atoms with Gasteiger partial charge in [0, 0.05) is 18.2 Å². The third kappa shape index (κ3) is 6.33. The minimum atomic E-state index is -0.878. The van der Waals surface area contributed by atoms with E-state index in [2.05, 4.69) is 10.6 Å². The molecular formula is C21H26N2O4. The molecule has 144 valence electrons. The lowest BCUT2D eigenvalue weighted by Gasteiger charge is -2.20. The van der Waals surface area contributed by atoms with Crippen LogP contribution in [0, 0.1) is 13.8 Å². The van der Waals surface area contributed by atoms with Crippen molar-refractivity contribution in [1.29, 1.82) is 0 Å². The van der Waals surface area contributed by atoms with Crippen LogP contribution in [0.3, 0.4) is 0 Å². The summed E-state index contributed by atoms with van der Waals surface area (Å²) < 4.78 is 5.29. The van der Waals surface area contributed by atoms with Crippen LogP contribution in [0.4, 0.5) is 10.5 Å². The number of carboxylic acid groups (broad SMARTS) is 1. The van der Waals surface area contributed by atoms with Crippen LogP contribution in [-0.2, 0) is 11.2 Å². The lowest BCUT2D eigenvalue weighted by atomic mass is 10.0. The number of carbonyl (C=O) groups is 2. The van der Waals surface area contributed by atoms with Crippen LogP contribution >= 0.6 is 0 Å². The maximum atomic E-state index is 12.5. The number of rotatable bonds is 8. The van der Waals surface area contributed by atoms with Crippen molar-refractivity contribution in [1.82, 2.24) is 5.32 Å². The number of carboxylic acids is 1. The van der Waals surface area contributed by atoms with E-state index >= 15 is 0 Å². The average Bonchev–Trinajstić information content (AvgIpc) is 2.63. The molecule has 0 aliphatic heterocycles. The maximum Gasteiger partial charge on any atom is 0.319 e. The summed E-state index contributed by atoms with van der Waals surface area (Å²) in [7, 11) is 1.61. The van der Waals surface area contributed by atoms with E-state index in [0.717, 1.165) is 22.4 Å². The van der Waals surface area contributed by atoms with Crippen LogP contribution < -0.4 is 15.4 Å². The Morgan fingerprint density at radius 2 is 1.81 bits per heavy atom. The van der Waals surface area contributed by atoms with Gasteiger partial charge in [-0.1, -0.05) is 30.3 Å². The fourth-order valence-corrected chi connectivity index (χ4v) is 2.91. The molecule has 1 unspecified atom stereocenters. The van der Waals surface area contributed by atoms with Crippen molar-refractivity contribution >= 4 is 17.7 Å². The summed E-state index contributed by atoms with van der Waals surface area (Å²) >= 11 is 0. The number of nitrogens with one attached hydrogen (secondary N) is 2. The summed E-state index contributed by atoms with van der Waals surface area (Å²) in [6.45, 7) is 3.80. The standard InChI is InChI=1S/C21H26N2O4/c1-14-12-19(27-3)15(2)11-18(14)23-21(26)22-17(9-10-20(24)25)13-16-7-5-4-6-8-16/h4-8,11-12,17H,9-10,13H2,1-3H3,(H,24,25)(H2,22,23,26). The first-order valence-corrected chi connectivity index (χ1v) is 8.87. The highest BCUT2D eigenvalue weighted by atomic mass is 16.5. The zero-order valence-corrected chi connectivity index (χ0v) is 15.9. The molecule has 6 nitrogen and oxygen atoms in total. The second-order valence-electron chi connectivity index (χ2n) is 6.55. The van der Waals surface area contributed by atoms with E-state index in [4.69, 9.17) is 9.84 Å². The van der Waals surface area contributed by atoms with E-state index in [1.807, 2.05) is 56.3 Å². The zero-order valence-electron chi connectivity index (χ0n) is 15.9. The summed E-state index contributed by atoms with van der Waals surface area (Å²) in [4.78, 5) is 23.4. The number of hydrogen-bond acceptors (Lipinski definition) is 3. The monoisotopic (exact) mass is 370 g/mol. The zero-order chi connectivity index (χ0) is 19.8. The molecule has 0 spiro atoms. The predicted molar refractivity (Wildman–Crippen MR) is 105 cm³/mol. The van der Waals surface area contributed by atoms with Gasteiger partial charge in [0.2, 0.25) is 0 Å². The number of ether oxygens (including phenoxy) is 1. The number of benzene rings is 2. The number of methoxy groups -OCH3 is 1. The molecule has 27 heavy (non-hydrogen) atoms. The molecule has 0 saturated carbocycles. The summed E-state index contributed by atoms with van der Waals surface area (Å²) in [5.74, 6) is -0.112. The second-order valence-corrected chi connectivity index (χ2v) is 6.55. The van der Waals surface area contributed by atoms with E-state index in [1.54, 1.807) is 7.11 Å². The Morgan fingerprint density at radius 3 is 2.44 bits per heavy atom. The molecule has 1 atom stereocenters. The lowest BCUT2D eigenvalue weighted by molar-refractivity contribution is -0.137. The smallest absolute Gasteiger partial charge is 0.319 e. The van der Waals surface area contributed by atoms with Crippen LogP contribution in [0.5, 0.6) is 5.75 Å². The lowest BCUT2D eigenvalue weighted by Crippen LogP contribution is -2.39. The van der Waals surface area contributed by atoms with E-state index in [0.29, 0.717) is 18.5 Å². The quantitative estimate of drug-likeness (QED) is 0.657. The van der Waals surface area contributed by atoms with Gasteiger partial charge < -0.3 is 20.5 Å². The number of hydrogen-bond donors (Lipinski definition) is 3. The normalized spacial score (nSPS) is 11.5. The van der Waals surface area contributed by atoms with Crippen molar-refractivity contribution in [2.24, 2.45) is 0 Å². The van der Waals surface area contributed by atoms with Crippen LogP contribution in [0.1, 0.15) is 29.5 Å². The molecule has 2 amide bonds. The molecule has 0 radical (unpaired) electrons. The first-order valence-electron chi connectivity index (χ1n) is 8.87. The van der Waals surface area contributed by atoms with Crippen molar-refractivity contribution < 1.29 is 19.4 Å². The third-order valence-corrected chi connectivity index (χ3v) is 4.36. The fourth-order valence-electron chi connectivity index (χ4n) is 2.91. The number of amides is 2. The first-order chi connectivity index (χ1) is 12.9. The van der Waals surface area contributed by atoms with E-state index < -0.39 is 5.97 Å². The highest BCUT2D eigenvalue weighted by Crippen LogP contribution is 2.25. The van der Waals surface area contributed by atoms with Gasteiger partial charge in [0.1, 0.15) is 5.75 Å². The van der Waals surface area contributed by atoms with Crippen molar-refractivity contribution in [3.63, 3.8) is 0 Å². The van der Waals surface area contributed by atoms with Gasteiger partial charge in [-0.2, -0.15) is 0 Å². The first kappa shape index (κ1) is 20.3. The average molecular weight is 370 g/mol. The molecular weight excluding hydrogens is 344 g/mol. The molecule has 0 heterocycles. The number of aliphatic carboxylic acids is 1. The van der Waals surface area contributed by atoms with Gasteiger partial charge in [-0.15, -0.1) is 0 Å². The predicted octanol–water partition coefficient (Wildman–Crippen LogP) is 3.91. The van der Waals surface area contributed by atoms with Crippen LogP contribution in [0.15, 0.2) is 42.5 Å². The topological polar surface area (TPSA) is 87.7 Å². The van der Waals surface area contributed by atoms with Gasteiger partial charge >= 0.3 is 12.0 Å². The van der Waals surface area contributed by atoms with E-state index in [-0.39, 0.29) is 18.5 Å². The Balaban J connectivity index is 2.06. The number of urea groups is 1. The Hall–Kier alpha value is -3.02. The number of carbonyl (C=O) groups excluding carboxylic acids is 1. The summed E-state index contributed by atoms with van der Waals surface area (Å²) in [5, 5.41) is 14.7. The van der Waals surface area contributed by atoms with Gasteiger partial charge in [0.15, 0.2) is 0 Å². The van der Waals surface area contributed by atoms with E-state index in [9.17, 15) is 9.59 Å². The van der Waals surface area contributed by atoms with Gasteiger partial charge in [0.25, 0.3) is 0 Å². The number of aryl methyl sites for hydroxylation is 2. The summed E-state index contributed by atoms with van der Waals surface area (Å²) in [5.41, 5.74) is 3.55. The largest absolute Gasteiger partial charge is 0.496 e. The maximum absolute atomic E-state index is 12.5. The Labute approximate surface area is 159 Å². The molecule has 2 rings (SSSR count). The van der Waals surface area contributed by atoms with Crippen molar-refractivity contribution in [3.8, 4) is 5.75 Å². The van der Waals surface area contributed by atoms with Gasteiger partial charge in [-0.05, 0) is 55.5 Å². The summed E-state index contributed by atoms with van der Waals surface area (Å²) in [6, 6.07) is 12.8. The number of anilines is 1. The third-order valence-electron chi connectivity index (χ3n) is 4.36. The Kier molecular flexibility index (Phi) is 7.23. The highest BCUT2D eigenvalue weighted by Gasteiger charge is 2.16. The van der Waals surface area contributed by atoms with Gasteiger partial charge in [0.05, 0.1) is 7.11 Å². The molecule has 6 heteroatoms. The molecule has 3 N–H and O–H groups in total. The van der Waals surface area contributed by atoms with Crippen LogP contribution in [0.25, 0.3) is 0 Å². The SMILES string of the molecule is COc1cc(C)c(NC(=O)NC(CCC(=O)O)Cc2ccccc2)cc1C. The minimum absolute atomic E-state index is 0.00154.